The Morgan fingerprint density at radius 2 is 1.04 bits per heavy atom. The van der Waals surface area contributed by atoms with Gasteiger partial charge in [-0.1, -0.05) is 49.2 Å². The zero-order valence-corrected chi connectivity index (χ0v) is 56.1. The van der Waals surface area contributed by atoms with Crippen molar-refractivity contribution >= 4 is 79.1 Å². The van der Waals surface area contributed by atoms with Crippen molar-refractivity contribution in [3.8, 4) is 23.4 Å². The van der Waals surface area contributed by atoms with Crippen LogP contribution < -0.4 is 34.9 Å². The van der Waals surface area contributed by atoms with Crippen LogP contribution >= 0.6 is 35.6 Å². The molecule has 0 spiro atoms. The predicted molar refractivity (Wildman–Crippen MR) is 340 cm³/mol. The Bertz CT molecular complexity index is 3640. The van der Waals surface area contributed by atoms with E-state index in [2.05, 4.69) is 73.8 Å². The molecule has 5 N–H and O–H groups in total. The Morgan fingerprint density at radius 1 is 0.613 bits per heavy atom. The quantitative estimate of drug-likeness (QED) is 0.0192. The van der Waals surface area contributed by atoms with Gasteiger partial charge in [-0.15, -0.1) is 22.6 Å². The SMILES string of the molecule is Cc1ccc(S(=O)(=O)NC(=O)c2ccc(-n3ccc(OCCC4(C(F)(F)F)CC4)n3)nc2Cl)nc1NCCCC1CCC(C)(C)C1.Cc1ccc(S(=O)(=O)NC(=O)c2ccc(-n3ccc(OCCC4(C(F)(F)F)CC4)n3)nc2Cl)nc1NCCCC1CNC(C)(C)C1.Cl. The molecule has 3 aliphatic carbocycles. The maximum Gasteiger partial charge on any atom is 0.394 e. The van der Waals surface area contributed by atoms with E-state index in [-0.39, 0.29) is 125 Å². The van der Waals surface area contributed by atoms with Crippen molar-refractivity contribution < 1.29 is 62.2 Å². The topological polar surface area (TPSA) is 268 Å². The van der Waals surface area contributed by atoms with Crippen LogP contribution in [0.2, 0.25) is 10.3 Å². The highest BCUT2D eigenvalue weighted by molar-refractivity contribution is 7.90. The molecule has 2 unspecified atom stereocenters. The smallest absolute Gasteiger partial charge is 0.394 e. The maximum absolute atomic E-state index is 13.1. The molecule has 7 heterocycles. The van der Waals surface area contributed by atoms with E-state index in [0.29, 0.717) is 42.0 Å². The number of hydrogen-bond acceptors (Lipinski definition) is 17. The van der Waals surface area contributed by atoms with Gasteiger partial charge in [-0.25, -0.2) is 38.7 Å². The fourth-order valence-electron chi connectivity index (χ4n) is 11.5. The van der Waals surface area contributed by atoms with Crippen molar-refractivity contribution in [2.75, 3.05) is 43.5 Å². The Hall–Kier alpha value is -6.53. The van der Waals surface area contributed by atoms with Gasteiger partial charge in [-0.3, -0.25) is 9.59 Å². The molecule has 32 heteroatoms. The number of ether oxygens (including phenoxy) is 2. The number of alkyl halides is 6. The lowest BCUT2D eigenvalue weighted by Gasteiger charge is -2.18. The van der Waals surface area contributed by atoms with Gasteiger partial charge < -0.3 is 25.4 Å². The minimum Gasteiger partial charge on any atom is -0.477 e. The normalized spacial score (nSPS) is 18.5. The van der Waals surface area contributed by atoms with Crippen molar-refractivity contribution in [3.05, 3.63) is 106 Å². The van der Waals surface area contributed by atoms with Crippen LogP contribution in [0.5, 0.6) is 11.8 Å². The molecule has 2 atom stereocenters. The molecule has 6 aromatic heterocycles. The van der Waals surface area contributed by atoms with Crippen LogP contribution in [0.1, 0.15) is 149 Å². The molecule has 6 aromatic rings. The number of pyridine rings is 4. The Kier molecular flexibility index (Phi) is 22.4. The van der Waals surface area contributed by atoms with Crippen molar-refractivity contribution in [2.45, 2.75) is 159 Å². The number of amides is 2. The molecular formula is C61H76Cl3F6N13O8S2. The van der Waals surface area contributed by atoms with Gasteiger partial charge in [0.15, 0.2) is 21.7 Å². The third-order valence-corrected chi connectivity index (χ3v) is 20.4. The third-order valence-electron chi connectivity index (χ3n) is 17.4. The molecule has 2 amide bonds. The fourth-order valence-corrected chi connectivity index (χ4v) is 13.8. The highest BCUT2D eigenvalue weighted by Gasteiger charge is 2.63. The fraction of sp³-hybridized carbons (Fsp3) is 0.541. The number of sulfonamides is 2. The summed E-state index contributed by atoms with van der Waals surface area (Å²) >= 11 is 12.5. The zero-order chi connectivity index (χ0) is 66.7. The van der Waals surface area contributed by atoms with E-state index in [1.165, 1.54) is 89.6 Å². The first-order chi connectivity index (χ1) is 43.1. The molecule has 4 fully saturated rings. The highest BCUT2D eigenvalue weighted by atomic mass is 35.5. The van der Waals surface area contributed by atoms with Gasteiger partial charge in [0.2, 0.25) is 11.8 Å². The van der Waals surface area contributed by atoms with Crippen LogP contribution in [0.3, 0.4) is 0 Å². The number of hydrogen-bond donors (Lipinski definition) is 5. The van der Waals surface area contributed by atoms with Gasteiger partial charge in [0.1, 0.15) is 21.9 Å². The van der Waals surface area contributed by atoms with Crippen LogP contribution in [0.25, 0.3) is 11.6 Å². The van der Waals surface area contributed by atoms with Gasteiger partial charge in [0.05, 0.1) is 35.2 Å². The van der Waals surface area contributed by atoms with E-state index in [0.717, 1.165) is 49.8 Å². The summed E-state index contributed by atoms with van der Waals surface area (Å²) in [6.45, 7) is 14.6. The number of carbonyl (C=O) groups excluding carboxylic acids is 2. The van der Waals surface area contributed by atoms with Crippen molar-refractivity contribution in [2.24, 2.45) is 28.1 Å². The average molecular weight is 1400 g/mol. The third kappa shape index (κ3) is 18.5. The summed E-state index contributed by atoms with van der Waals surface area (Å²) in [5.74, 6) is 0.695. The summed E-state index contributed by atoms with van der Waals surface area (Å²) in [5, 5.41) is 17.0. The first kappa shape index (κ1) is 72.3. The van der Waals surface area contributed by atoms with Gasteiger partial charge in [0.25, 0.3) is 31.9 Å². The van der Waals surface area contributed by atoms with Gasteiger partial charge in [0, 0.05) is 43.2 Å². The monoisotopic (exact) mass is 1400 g/mol. The van der Waals surface area contributed by atoms with E-state index >= 15 is 0 Å². The summed E-state index contributed by atoms with van der Waals surface area (Å²) in [7, 11) is -8.70. The Balaban J connectivity index is 0.000000236. The molecule has 0 aromatic carbocycles. The molecule has 3 saturated carbocycles. The largest absolute Gasteiger partial charge is 0.477 e. The number of anilines is 2. The lowest BCUT2D eigenvalue weighted by molar-refractivity contribution is -0.190. The number of nitrogens with one attached hydrogen (secondary N) is 5. The first-order valence-corrected chi connectivity index (χ1v) is 34.0. The van der Waals surface area contributed by atoms with Crippen molar-refractivity contribution in [1.29, 1.82) is 0 Å². The van der Waals surface area contributed by atoms with E-state index in [4.69, 9.17) is 32.7 Å². The maximum atomic E-state index is 13.1. The summed E-state index contributed by atoms with van der Waals surface area (Å²) in [4.78, 5) is 42.6. The van der Waals surface area contributed by atoms with Crippen LogP contribution in [0.15, 0.2) is 83.1 Å². The van der Waals surface area contributed by atoms with Crippen LogP contribution in [0, 0.1) is 41.9 Å². The molecule has 93 heavy (non-hydrogen) atoms. The van der Waals surface area contributed by atoms with Gasteiger partial charge >= 0.3 is 12.4 Å². The van der Waals surface area contributed by atoms with Crippen LogP contribution in [-0.2, 0) is 20.0 Å². The molecule has 0 bridgehead atoms. The van der Waals surface area contributed by atoms with Crippen molar-refractivity contribution in [3.63, 3.8) is 0 Å². The molecule has 1 saturated heterocycles. The second-order valence-electron chi connectivity index (χ2n) is 25.7. The highest BCUT2D eigenvalue weighted by Crippen LogP contribution is 2.61. The van der Waals surface area contributed by atoms with E-state index in [9.17, 15) is 52.8 Å². The molecular weight excluding hydrogens is 1330 g/mol. The summed E-state index contributed by atoms with van der Waals surface area (Å²) < 4.78 is 148. The number of nitrogens with zero attached hydrogens (tertiary/aromatic N) is 8. The average Bonchev–Trinajstić information content (AvgIpc) is 1.65. The zero-order valence-electron chi connectivity index (χ0n) is 52.1. The minimum atomic E-state index is -4.35. The van der Waals surface area contributed by atoms with Crippen molar-refractivity contribution in [1.82, 2.24) is 54.3 Å². The molecule has 10 rings (SSSR count). The standard InChI is InChI=1S/C31H38ClF3N6O4S.C30H37ClF3N7O4S.ClH/c1-20-6-9-25(38-27(20)36-16-4-5-21-10-12-29(2,3)19-21)46(43,44)40-28(42)22-7-8-23(37-26(22)32)41-17-11-24(39-41)45-18-15-30(13-14-30)31(33,34)35;1-19-6-9-24(38-26(19)35-14-4-5-20-17-28(2,3)36-18-20)46(43,44)40-27(42)21-7-8-22(37-25(21)31)41-15-10-23(39-41)45-16-13-29(11-12-29)30(32,33)34;/h6-9,11,17,21H,4-5,10,12-16,18-19H2,1-3H3,(H,36,38)(H,40,42);6-10,15,20,36H,4-5,11-14,16-18H2,1-3H3,(H,35,38)(H,40,42);1H. The number of aromatic nitrogens is 8. The Labute approximate surface area is 552 Å². The number of aryl methyl sites for hydroxylation is 2. The number of carbonyl (C=O) groups is 2. The number of rotatable bonds is 26. The van der Waals surface area contributed by atoms with E-state index < -0.39 is 55.0 Å². The molecule has 0 radical (unpaired) electrons. The lowest BCUT2D eigenvalue weighted by atomic mass is 9.89. The van der Waals surface area contributed by atoms with E-state index in [1.54, 1.807) is 12.1 Å². The van der Waals surface area contributed by atoms with Crippen LogP contribution in [-0.4, -0.2) is 119 Å². The Morgan fingerprint density at radius 3 is 1.41 bits per heavy atom. The molecule has 508 valence electrons. The van der Waals surface area contributed by atoms with Gasteiger partial charge in [-0.05, 0) is 189 Å². The summed E-state index contributed by atoms with van der Waals surface area (Å²) in [6.07, 6.45) is 3.24. The van der Waals surface area contributed by atoms with Gasteiger partial charge in [-0.2, -0.15) is 43.2 Å². The lowest BCUT2D eigenvalue weighted by Crippen LogP contribution is -2.31. The second-order valence-corrected chi connectivity index (χ2v) is 29.7. The minimum absolute atomic E-state index is 0. The molecule has 1 aliphatic heterocycles. The second kappa shape index (κ2) is 28.8. The summed E-state index contributed by atoms with van der Waals surface area (Å²) in [5.41, 5.74) is -1.65. The molecule has 21 nitrogen and oxygen atoms in total. The number of halogens is 9. The molecule has 4 aliphatic rings. The summed E-state index contributed by atoms with van der Waals surface area (Å²) in [6, 6.07) is 14.2. The van der Waals surface area contributed by atoms with Crippen LogP contribution in [0.4, 0.5) is 38.0 Å². The first-order valence-electron chi connectivity index (χ1n) is 30.3. The predicted octanol–water partition coefficient (Wildman–Crippen LogP) is 12.7. The van der Waals surface area contributed by atoms with E-state index in [1.807, 2.05) is 23.3 Å².